The summed E-state index contributed by atoms with van der Waals surface area (Å²) >= 11 is 3.42. The maximum Gasteiger partial charge on any atom is 0.0486 e. The number of ether oxygens (including phenoxy) is 1. The molecule has 1 heterocycles. The van der Waals surface area contributed by atoms with Crippen molar-refractivity contribution in [1.82, 2.24) is 0 Å². The molecule has 0 aliphatic carbocycles. The summed E-state index contributed by atoms with van der Waals surface area (Å²) in [6.07, 6.45) is 1.82. The minimum atomic E-state index is -0.182. The summed E-state index contributed by atoms with van der Waals surface area (Å²) in [4.78, 5) is 0. The first-order valence-electron chi connectivity index (χ1n) is 4.83. The molecule has 0 saturated carbocycles. The third kappa shape index (κ3) is 2.94. The molecule has 84 valence electrons. The van der Waals surface area contributed by atoms with Gasteiger partial charge in [-0.1, -0.05) is 28.1 Å². The Labute approximate surface area is 105 Å². The zero-order valence-electron chi connectivity index (χ0n) is 8.41. The quantitative estimate of drug-likeness (QED) is 0.864. The molecule has 0 unspecified atom stereocenters. The third-order valence-electron chi connectivity index (χ3n) is 2.80. The summed E-state index contributed by atoms with van der Waals surface area (Å²) in [5.41, 5.74) is 7.37. The van der Waals surface area contributed by atoms with E-state index in [-0.39, 0.29) is 17.9 Å². The molecule has 1 aromatic carbocycles. The van der Waals surface area contributed by atoms with Crippen molar-refractivity contribution in [2.45, 2.75) is 18.4 Å². The minimum Gasteiger partial charge on any atom is -0.381 e. The van der Waals surface area contributed by atoms with Crippen molar-refractivity contribution in [1.29, 1.82) is 0 Å². The van der Waals surface area contributed by atoms with E-state index in [4.69, 9.17) is 10.5 Å². The standard InChI is InChI=1S/C11H14BrNO.ClH/c12-10-3-1-9(2-4-10)11(13)5-7-14-8-6-11;/h1-4H,5-8,13H2;1H. The lowest BCUT2D eigenvalue weighted by atomic mass is 9.84. The predicted molar refractivity (Wildman–Crippen MR) is 67.3 cm³/mol. The summed E-state index contributed by atoms with van der Waals surface area (Å²) in [7, 11) is 0. The molecule has 1 aliphatic heterocycles. The van der Waals surface area contributed by atoms with Gasteiger partial charge in [-0.15, -0.1) is 12.4 Å². The van der Waals surface area contributed by atoms with Gasteiger partial charge < -0.3 is 10.5 Å². The lowest BCUT2D eigenvalue weighted by Gasteiger charge is -2.33. The molecule has 1 saturated heterocycles. The van der Waals surface area contributed by atoms with Crippen molar-refractivity contribution >= 4 is 28.3 Å². The monoisotopic (exact) mass is 291 g/mol. The van der Waals surface area contributed by atoms with Crippen LogP contribution in [0.25, 0.3) is 0 Å². The molecule has 0 spiro atoms. The van der Waals surface area contributed by atoms with Gasteiger partial charge >= 0.3 is 0 Å². The molecule has 2 N–H and O–H groups in total. The lowest BCUT2D eigenvalue weighted by molar-refractivity contribution is 0.0522. The molecular formula is C11H15BrClNO. The van der Waals surface area contributed by atoms with Gasteiger partial charge in [0.15, 0.2) is 0 Å². The van der Waals surface area contributed by atoms with Crippen molar-refractivity contribution in [3.63, 3.8) is 0 Å². The van der Waals surface area contributed by atoms with Crippen LogP contribution in [-0.2, 0) is 10.3 Å². The second-order valence-electron chi connectivity index (χ2n) is 3.78. The second kappa shape index (κ2) is 5.30. The molecule has 0 atom stereocenters. The number of hydrogen-bond acceptors (Lipinski definition) is 2. The van der Waals surface area contributed by atoms with Crippen LogP contribution in [0.2, 0.25) is 0 Å². The molecule has 2 nitrogen and oxygen atoms in total. The zero-order chi connectivity index (χ0) is 10.0. The van der Waals surface area contributed by atoms with E-state index >= 15 is 0 Å². The van der Waals surface area contributed by atoms with Crippen molar-refractivity contribution in [3.8, 4) is 0 Å². The molecule has 0 aromatic heterocycles. The van der Waals surface area contributed by atoms with E-state index in [0.29, 0.717) is 0 Å². The van der Waals surface area contributed by atoms with E-state index in [1.807, 2.05) is 12.1 Å². The van der Waals surface area contributed by atoms with Crippen LogP contribution in [0.3, 0.4) is 0 Å². The maximum atomic E-state index is 6.34. The molecule has 4 heteroatoms. The molecule has 1 aromatic rings. The Morgan fingerprint density at radius 1 is 1.13 bits per heavy atom. The first kappa shape index (κ1) is 13.0. The Morgan fingerprint density at radius 3 is 2.20 bits per heavy atom. The molecule has 15 heavy (non-hydrogen) atoms. The van der Waals surface area contributed by atoms with E-state index in [0.717, 1.165) is 30.5 Å². The minimum absolute atomic E-state index is 0. The molecular weight excluding hydrogens is 277 g/mol. The van der Waals surface area contributed by atoms with Gasteiger partial charge in [-0.2, -0.15) is 0 Å². The summed E-state index contributed by atoms with van der Waals surface area (Å²) in [5, 5.41) is 0. The van der Waals surface area contributed by atoms with E-state index in [2.05, 4.69) is 28.1 Å². The number of rotatable bonds is 1. The van der Waals surface area contributed by atoms with Gasteiger partial charge in [0.1, 0.15) is 0 Å². The third-order valence-corrected chi connectivity index (χ3v) is 3.33. The summed E-state index contributed by atoms with van der Waals surface area (Å²) < 4.78 is 6.42. The molecule has 0 amide bonds. The number of halogens is 2. The first-order chi connectivity index (χ1) is 6.71. The Kier molecular flexibility index (Phi) is 4.59. The van der Waals surface area contributed by atoms with E-state index < -0.39 is 0 Å². The van der Waals surface area contributed by atoms with E-state index in [1.165, 1.54) is 5.56 Å². The fraction of sp³-hybridized carbons (Fsp3) is 0.455. The van der Waals surface area contributed by atoms with Crippen LogP contribution in [0.5, 0.6) is 0 Å². The zero-order valence-corrected chi connectivity index (χ0v) is 10.8. The molecule has 1 aliphatic rings. The van der Waals surface area contributed by atoms with Crippen LogP contribution in [0, 0.1) is 0 Å². The average molecular weight is 293 g/mol. The Balaban J connectivity index is 0.00000112. The van der Waals surface area contributed by atoms with E-state index in [9.17, 15) is 0 Å². The number of benzene rings is 1. The smallest absolute Gasteiger partial charge is 0.0486 e. The van der Waals surface area contributed by atoms with Gasteiger partial charge in [-0.25, -0.2) is 0 Å². The summed E-state index contributed by atoms with van der Waals surface area (Å²) in [5.74, 6) is 0. The van der Waals surface area contributed by atoms with Crippen LogP contribution < -0.4 is 5.73 Å². The van der Waals surface area contributed by atoms with Crippen LogP contribution in [0.15, 0.2) is 28.7 Å². The Hall–Kier alpha value is -0.0900. The first-order valence-corrected chi connectivity index (χ1v) is 5.63. The predicted octanol–water partition coefficient (Wildman–Crippen LogP) is 2.84. The van der Waals surface area contributed by atoms with Gasteiger partial charge in [-0.05, 0) is 30.5 Å². The fourth-order valence-electron chi connectivity index (χ4n) is 1.81. The van der Waals surface area contributed by atoms with Crippen molar-refractivity contribution in [2.75, 3.05) is 13.2 Å². The van der Waals surface area contributed by atoms with Gasteiger partial charge in [0.05, 0.1) is 0 Å². The van der Waals surface area contributed by atoms with Gasteiger partial charge in [0.2, 0.25) is 0 Å². The molecule has 1 fully saturated rings. The second-order valence-corrected chi connectivity index (χ2v) is 4.69. The topological polar surface area (TPSA) is 35.2 Å². The lowest BCUT2D eigenvalue weighted by Crippen LogP contribution is -2.42. The van der Waals surface area contributed by atoms with Crippen molar-refractivity contribution in [2.24, 2.45) is 5.73 Å². The number of nitrogens with two attached hydrogens (primary N) is 1. The summed E-state index contributed by atoms with van der Waals surface area (Å²) in [6.45, 7) is 1.54. The average Bonchev–Trinajstić information content (AvgIpc) is 2.19. The van der Waals surface area contributed by atoms with Crippen LogP contribution in [0.1, 0.15) is 18.4 Å². The van der Waals surface area contributed by atoms with Crippen LogP contribution in [-0.4, -0.2) is 13.2 Å². The van der Waals surface area contributed by atoms with Crippen LogP contribution >= 0.6 is 28.3 Å². The van der Waals surface area contributed by atoms with Crippen molar-refractivity contribution in [3.05, 3.63) is 34.3 Å². The highest BCUT2D eigenvalue weighted by atomic mass is 79.9. The van der Waals surface area contributed by atoms with Crippen LogP contribution in [0.4, 0.5) is 0 Å². The highest BCUT2D eigenvalue weighted by Gasteiger charge is 2.29. The highest BCUT2D eigenvalue weighted by Crippen LogP contribution is 2.29. The molecule has 0 radical (unpaired) electrons. The van der Waals surface area contributed by atoms with E-state index in [1.54, 1.807) is 0 Å². The fourth-order valence-corrected chi connectivity index (χ4v) is 2.07. The Bertz CT molecular complexity index is 309. The highest BCUT2D eigenvalue weighted by molar-refractivity contribution is 9.10. The molecule has 0 bridgehead atoms. The van der Waals surface area contributed by atoms with Crippen molar-refractivity contribution < 1.29 is 4.74 Å². The molecule has 2 rings (SSSR count). The SMILES string of the molecule is Cl.NC1(c2ccc(Br)cc2)CCOCC1. The maximum absolute atomic E-state index is 6.34. The largest absolute Gasteiger partial charge is 0.381 e. The Morgan fingerprint density at radius 2 is 1.67 bits per heavy atom. The van der Waals surface area contributed by atoms with Gasteiger partial charge in [0, 0.05) is 23.2 Å². The van der Waals surface area contributed by atoms with Gasteiger partial charge in [-0.3, -0.25) is 0 Å². The van der Waals surface area contributed by atoms with Gasteiger partial charge in [0.25, 0.3) is 0 Å². The summed E-state index contributed by atoms with van der Waals surface area (Å²) in [6, 6.07) is 8.27. The number of hydrogen-bond donors (Lipinski definition) is 1. The normalized spacial score (nSPS) is 19.3.